The van der Waals surface area contributed by atoms with Gasteiger partial charge < -0.3 is 15.4 Å². The van der Waals surface area contributed by atoms with Gasteiger partial charge >= 0.3 is 5.97 Å². The highest BCUT2D eigenvalue weighted by atomic mass is 35.5. The maximum Gasteiger partial charge on any atom is 0.320 e. The van der Waals surface area contributed by atoms with Crippen molar-refractivity contribution in [2.45, 2.75) is 19.0 Å². The van der Waals surface area contributed by atoms with E-state index in [4.69, 9.17) is 10.8 Å². The van der Waals surface area contributed by atoms with Crippen LogP contribution in [0.3, 0.4) is 0 Å². The lowest BCUT2D eigenvalue weighted by Crippen LogP contribution is -2.33. The van der Waals surface area contributed by atoms with Gasteiger partial charge in [0.1, 0.15) is 6.04 Å². The molecule has 1 atom stereocenters. The summed E-state index contributed by atoms with van der Waals surface area (Å²) in [4.78, 5) is 14.8. The number of aromatic nitrogens is 2. The number of carbonyl (C=O) groups is 1. The third-order valence-corrected chi connectivity index (χ3v) is 2.74. The van der Waals surface area contributed by atoms with E-state index < -0.39 is 12.0 Å². The van der Waals surface area contributed by atoms with Crippen molar-refractivity contribution in [3.63, 3.8) is 0 Å². The topological polar surface area (TPSA) is 81.1 Å². The molecule has 1 aromatic heterocycles. The molecule has 7 heteroatoms. The van der Waals surface area contributed by atoms with E-state index in [1.165, 1.54) is 0 Å². The Morgan fingerprint density at radius 2 is 1.95 bits per heavy atom. The van der Waals surface area contributed by atoms with E-state index >= 15 is 0 Å². The van der Waals surface area contributed by atoms with Crippen LogP contribution in [0.5, 0.6) is 0 Å². The molecule has 20 heavy (non-hydrogen) atoms. The van der Waals surface area contributed by atoms with Crippen LogP contribution in [-0.4, -0.2) is 26.7 Å². The van der Waals surface area contributed by atoms with Gasteiger partial charge in [-0.05, 0) is 5.56 Å². The van der Waals surface area contributed by atoms with Gasteiger partial charge in [0.25, 0.3) is 0 Å². The molecule has 0 radical (unpaired) electrons. The number of halogens is 2. The second-order valence-corrected chi connectivity index (χ2v) is 4.15. The number of carboxylic acids is 1. The third-order valence-electron chi connectivity index (χ3n) is 2.74. The molecule has 0 aliphatic rings. The minimum atomic E-state index is -0.998. The fraction of sp³-hybridized carbons (Fsp3) is 0.231. The molecule has 1 aromatic carbocycles. The lowest BCUT2D eigenvalue weighted by atomic mass is 10.1. The lowest BCUT2D eigenvalue weighted by Gasteiger charge is -2.10. The summed E-state index contributed by atoms with van der Waals surface area (Å²) in [6.45, 7) is 0.669. The number of aliphatic carboxylic acids is 1. The van der Waals surface area contributed by atoms with E-state index in [0.717, 1.165) is 11.3 Å². The monoisotopic (exact) mass is 317 g/mol. The van der Waals surface area contributed by atoms with Gasteiger partial charge in [-0.15, -0.1) is 24.8 Å². The Balaban J connectivity index is 0.00000180. The summed E-state index contributed by atoms with van der Waals surface area (Å²) in [5.41, 5.74) is 7.50. The fourth-order valence-corrected chi connectivity index (χ4v) is 1.75. The molecule has 110 valence electrons. The molecule has 0 amide bonds. The first-order valence-electron chi connectivity index (χ1n) is 5.68. The first-order chi connectivity index (χ1) is 8.66. The largest absolute Gasteiger partial charge is 0.480 e. The molecule has 3 N–H and O–H groups in total. The molecule has 0 bridgehead atoms. The van der Waals surface area contributed by atoms with Crippen molar-refractivity contribution < 1.29 is 9.90 Å². The maximum atomic E-state index is 10.7. The standard InChI is InChI=1S/C13H15N3O2.2ClH/c14-12(13(17)18)6-11-7-15-9-16(11)8-10-4-2-1-3-5-10;;/h1-5,7,9,12H,6,8,14H2,(H,17,18);2*1H. The molecule has 0 saturated carbocycles. The zero-order valence-electron chi connectivity index (χ0n) is 10.7. The summed E-state index contributed by atoms with van der Waals surface area (Å²) >= 11 is 0. The van der Waals surface area contributed by atoms with Gasteiger partial charge in [-0.2, -0.15) is 0 Å². The number of benzene rings is 1. The molecule has 2 aromatic rings. The number of hydrogen-bond donors (Lipinski definition) is 2. The summed E-state index contributed by atoms with van der Waals surface area (Å²) in [6, 6.07) is 9.03. The lowest BCUT2D eigenvalue weighted by molar-refractivity contribution is -0.138. The predicted octanol–water partition coefficient (Wildman–Crippen LogP) is 1.73. The van der Waals surface area contributed by atoms with Crippen molar-refractivity contribution >= 4 is 30.8 Å². The highest BCUT2D eigenvalue weighted by Gasteiger charge is 2.14. The minimum Gasteiger partial charge on any atom is -0.480 e. The van der Waals surface area contributed by atoms with E-state index in [1.807, 2.05) is 34.9 Å². The van der Waals surface area contributed by atoms with Crippen molar-refractivity contribution in [2.24, 2.45) is 5.73 Å². The zero-order chi connectivity index (χ0) is 13.0. The molecule has 0 aliphatic heterocycles. The van der Waals surface area contributed by atoms with E-state index in [1.54, 1.807) is 12.5 Å². The van der Waals surface area contributed by atoms with Gasteiger partial charge in [0, 0.05) is 24.9 Å². The average Bonchev–Trinajstić information content (AvgIpc) is 2.78. The van der Waals surface area contributed by atoms with Crippen LogP contribution < -0.4 is 5.73 Å². The molecule has 0 saturated heterocycles. The van der Waals surface area contributed by atoms with Crippen molar-refractivity contribution in [3.8, 4) is 0 Å². The van der Waals surface area contributed by atoms with Crippen LogP contribution in [0.25, 0.3) is 0 Å². The van der Waals surface area contributed by atoms with Crippen molar-refractivity contribution in [3.05, 3.63) is 54.1 Å². The van der Waals surface area contributed by atoms with Crippen LogP contribution in [0, 0.1) is 0 Å². The molecule has 2 rings (SSSR count). The van der Waals surface area contributed by atoms with Crippen LogP contribution >= 0.6 is 24.8 Å². The maximum absolute atomic E-state index is 10.7. The number of carboxylic acid groups (broad SMARTS) is 1. The van der Waals surface area contributed by atoms with Gasteiger partial charge in [0.05, 0.1) is 6.33 Å². The van der Waals surface area contributed by atoms with Crippen LogP contribution in [0.1, 0.15) is 11.3 Å². The summed E-state index contributed by atoms with van der Waals surface area (Å²) in [7, 11) is 0. The Bertz CT molecular complexity index is 531. The number of nitrogens with two attached hydrogens (primary N) is 1. The van der Waals surface area contributed by atoms with Gasteiger partial charge in [0.15, 0.2) is 0 Å². The molecule has 0 aliphatic carbocycles. The molecule has 1 unspecified atom stereocenters. The molecule has 1 heterocycles. The van der Waals surface area contributed by atoms with Gasteiger partial charge in [0.2, 0.25) is 0 Å². The Morgan fingerprint density at radius 1 is 1.30 bits per heavy atom. The van der Waals surface area contributed by atoms with Crippen molar-refractivity contribution in [1.29, 1.82) is 0 Å². The van der Waals surface area contributed by atoms with E-state index in [9.17, 15) is 4.79 Å². The highest BCUT2D eigenvalue weighted by molar-refractivity contribution is 5.85. The van der Waals surface area contributed by atoms with E-state index in [0.29, 0.717) is 6.54 Å². The third kappa shape index (κ3) is 4.85. The van der Waals surface area contributed by atoms with Gasteiger partial charge in [-0.25, -0.2) is 4.98 Å². The Hall–Kier alpha value is -1.56. The van der Waals surface area contributed by atoms with E-state index in [2.05, 4.69) is 4.98 Å². The van der Waals surface area contributed by atoms with Crippen LogP contribution in [-0.2, 0) is 17.8 Å². The Labute approximate surface area is 129 Å². The number of nitrogens with zero attached hydrogens (tertiary/aromatic N) is 2. The molecular weight excluding hydrogens is 301 g/mol. The van der Waals surface area contributed by atoms with Crippen LogP contribution in [0.2, 0.25) is 0 Å². The second kappa shape index (κ2) is 8.58. The molecule has 0 fully saturated rings. The van der Waals surface area contributed by atoms with Gasteiger partial charge in [-0.3, -0.25) is 4.79 Å². The van der Waals surface area contributed by atoms with Crippen LogP contribution in [0.4, 0.5) is 0 Å². The quantitative estimate of drug-likeness (QED) is 0.880. The normalized spacial score (nSPS) is 11.1. The van der Waals surface area contributed by atoms with E-state index in [-0.39, 0.29) is 31.2 Å². The molecule has 5 nitrogen and oxygen atoms in total. The predicted molar refractivity (Wildman–Crippen MR) is 81.6 cm³/mol. The number of rotatable bonds is 5. The summed E-state index contributed by atoms with van der Waals surface area (Å²) in [6.07, 6.45) is 3.63. The molecular formula is C13H17Cl2N3O2. The zero-order valence-corrected chi connectivity index (χ0v) is 12.3. The first-order valence-corrected chi connectivity index (χ1v) is 5.68. The van der Waals surface area contributed by atoms with Crippen molar-refractivity contribution in [1.82, 2.24) is 9.55 Å². The Morgan fingerprint density at radius 3 is 2.55 bits per heavy atom. The highest BCUT2D eigenvalue weighted by Crippen LogP contribution is 2.07. The van der Waals surface area contributed by atoms with Gasteiger partial charge in [-0.1, -0.05) is 30.3 Å². The average molecular weight is 318 g/mol. The smallest absolute Gasteiger partial charge is 0.320 e. The summed E-state index contributed by atoms with van der Waals surface area (Å²) < 4.78 is 1.91. The Kier molecular flexibility index (Phi) is 7.91. The summed E-state index contributed by atoms with van der Waals surface area (Å²) in [5.74, 6) is -0.998. The first kappa shape index (κ1) is 18.4. The molecule has 0 spiro atoms. The number of hydrogen-bond acceptors (Lipinski definition) is 3. The number of imidazole rings is 1. The van der Waals surface area contributed by atoms with Crippen molar-refractivity contribution in [2.75, 3.05) is 0 Å². The minimum absolute atomic E-state index is 0. The van der Waals surface area contributed by atoms with Crippen LogP contribution in [0.15, 0.2) is 42.9 Å². The fourth-order valence-electron chi connectivity index (χ4n) is 1.75. The SMILES string of the molecule is Cl.Cl.NC(Cc1cncn1Cc1ccccc1)C(=O)O. The second-order valence-electron chi connectivity index (χ2n) is 4.15. The summed E-state index contributed by atoms with van der Waals surface area (Å²) in [5, 5.41) is 8.81.